The van der Waals surface area contributed by atoms with Gasteiger partial charge in [-0.25, -0.2) is 0 Å². The molecule has 0 aliphatic heterocycles. The third-order valence-corrected chi connectivity index (χ3v) is 8.77. The molecular weight excluding hydrogens is 430 g/mol. The van der Waals surface area contributed by atoms with Gasteiger partial charge in [-0.15, -0.1) is 0 Å². The van der Waals surface area contributed by atoms with Crippen LogP contribution in [-0.2, 0) is 0 Å². The monoisotopic (exact) mass is 478 g/mol. The quantitative estimate of drug-likeness (QED) is 0.263. The summed E-state index contributed by atoms with van der Waals surface area (Å²) < 4.78 is 40.1. The van der Waals surface area contributed by atoms with Gasteiger partial charge in [-0.2, -0.15) is 8.78 Å². The SMILES string of the molecule is CCCCOc1ccc(OCC2CCC(C3(C(CCC)CCC)CCCCC3)CC2)c(F)c1F. The molecule has 0 atom stereocenters. The normalized spacial score (nSPS) is 22.6. The van der Waals surface area contributed by atoms with E-state index in [9.17, 15) is 8.78 Å². The van der Waals surface area contributed by atoms with Crippen LogP contribution < -0.4 is 9.47 Å². The van der Waals surface area contributed by atoms with Crippen molar-refractivity contribution >= 4 is 0 Å². The lowest BCUT2D eigenvalue weighted by atomic mass is 9.54. The molecule has 4 heteroatoms. The fourth-order valence-corrected chi connectivity index (χ4v) is 6.95. The van der Waals surface area contributed by atoms with E-state index in [0.717, 1.165) is 37.5 Å². The fraction of sp³-hybridized carbons (Fsp3) is 0.800. The van der Waals surface area contributed by atoms with Crippen molar-refractivity contribution in [2.45, 2.75) is 117 Å². The Morgan fingerprint density at radius 3 is 1.97 bits per heavy atom. The second kappa shape index (κ2) is 13.7. The highest BCUT2D eigenvalue weighted by molar-refractivity contribution is 5.35. The number of ether oxygens (including phenoxy) is 2. The zero-order valence-corrected chi connectivity index (χ0v) is 22.0. The van der Waals surface area contributed by atoms with Crippen LogP contribution >= 0.6 is 0 Å². The number of hydrogen-bond acceptors (Lipinski definition) is 2. The molecule has 2 aliphatic carbocycles. The van der Waals surface area contributed by atoms with Gasteiger partial charge in [-0.1, -0.05) is 72.1 Å². The molecule has 0 aromatic heterocycles. The van der Waals surface area contributed by atoms with E-state index in [1.807, 2.05) is 6.92 Å². The van der Waals surface area contributed by atoms with E-state index in [-0.39, 0.29) is 11.5 Å². The Morgan fingerprint density at radius 1 is 0.824 bits per heavy atom. The third kappa shape index (κ3) is 6.66. The van der Waals surface area contributed by atoms with Crippen LogP contribution in [-0.4, -0.2) is 13.2 Å². The standard InChI is InChI=1S/C30H48F2O2/c1-4-7-21-33-26-17-18-27(29(32)28(26)31)34-22-23-13-15-25(16-14-23)30(19-9-8-10-20-30)24(11-5-2)12-6-3/h17-18,23-25H,4-16,19-22H2,1-3H3. The zero-order chi connectivity index (χ0) is 24.4. The van der Waals surface area contributed by atoms with Crippen molar-refractivity contribution in [3.05, 3.63) is 23.8 Å². The summed E-state index contributed by atoms with van der Waals surface area (Å²) in [6.07, 6.45) is 18.9. The Bertz CT molecular complexity index is 715. The van der Waals surface area contributed by atoms with Crippen LogP contribution in [0.25, 0.3) is 0 Å². The van der Waals surface area contributed by atoms with E-state index >= 15 is 0 Å². The third-order valence-electron chi connectivity index (χ3n) is 8.77. The van der Waals surface area contributed by atoms with Crippen LogP contribution in [0.1, 0.15) is 117 Å². The van der Waals surface area contributed by atoms with E-state index in [1.165, 1.54) is 82.8 Å². The highest BCUT2D eigenvalue weighted by Crippen LogP contribution is 2.55. The summed E-state index contributed by atoms with van der Waals surface area (Å²) in [7, 11) is 0. The van der Waals surface area contributed by atoms with Crippen LogP contribution in [0.4, 0.5) is 8.78 Å². The average molecular weight is 479 g/mol. The van der Waals surface area contributed by atoms with Crippen LogP contribution in [0, 0.1) is 34.8 Å². The minimum Gasteiger partial charge on any atom is -0.490 e. The van der Waals surface area contributed by atoms with Gasteiger partial charge in [0.2, 0.25) is 11.6 Å². The van der Waals surface area contributed by atoms with Gasteiger partial charge in [0.05, 0.1) is 13.2 Å². The summed E-state index contributed by atoms with van der Waals surface area (Å²) in [4.78, 5) is 0. The summed E-state index contributed by atoms with van der Waals surface area (Å²) in [6, 6.07) is 3.01. The van der Waals surface area contributed by atoms with Crippen molar-refractivity contribution in [1.82, 2.24) is 0 Å². The van der Waals surface area contributed by atoms with Gasteiger partial charge in [0.25, 0.3) is 0 Å². The van der Waals surface area contributed by atoms with Crippen molar-refractivity contribution in [3.8, 4) is 11.5 Å². The first-order valence-corrected chi connectivity index (χ1v) is 14.3. The summed E-state index contributed by atoms with van der Waals surface area (Å²) in [6.45, 7) is 7.60. The predicted molar refractivity (Wildman–Crippen MR) is 137 cm³/mol. The molecule has 2 fully saturated rings. The molecule has 0 spiro atoms. The van der Waals surface area contributed by atoms with E-state index in [0.29, 0.717) is 24.5 Å². The second-order valence-corrected chi connectivity index (χ2v) is 11.0. The van der Waals surface area contributed by atoms with E-state index in [1.54, 1.807) is 0 Å². The maximum absolute atomic E-state index is 14.5. The van der Waals surface area contributed by atoms with E-state index in [4.69, 9.17) is 9.47 Å². The first-order valence-electron chi connectivity index (χ1n) is 14.3. The molecule has 2 aliphatic rings. The molecule has 2 saturated carbocycles. The average Bonchev–Trinajstić information content (AvgIpc) is 2.87. The molecule has 0 N–H and O–H groups in total. The highest BCUT2D eigenvalue weighted by atomic mass is 19.2. The number of benzene rings is 1. The summed E-state index contributed by atoms with van der Waals surface area (Å²) in [5.41, 5.74) is 0.541. The van der Waals surface area contributed by atoms with Crippen LogP contribution in [0.5, 0.6) is 11.5 Å². The lowest BCUT2D eigenvalue weighted by molar-refractivity contribution is -0.0149. The van der Waals surface area contributed by atoms with Crippen LogP contribution in [0.2, 0.25) is 0 Å². The molecule has 34 heavy (non-hydrogen) atoms. The predicted octanol–water partition coefficient (Wildman–Crippen LogP) is 9.50. The van der Waals surface area contributed by atoms with Gasteiger partial charge in [-0.05, 0) is 80.2 Å². The second-order valence-electron chi connectivity index (χ2n) is 11.0. The molecular formula is C30H48F2O2. The van der Waals surface area contributed by atoms with Crippen LogP contribution in [0.15, 0.2) is 12.1 Å². The maximum Gasteiger partial charge on any atom is 0.204 e. The summed E-state index contributed by atoms with van der Waals surface area (Å²) >= 11 is 0. The Labute approximate surface area is 207 Å². The number of unbranched alkanes of at least 4 members (excludes halogenated alkanes) is 1. The molecule has 194 valence electrons. The molecule has 1 aromatic rings. The van der Waals surface area contributed by atoms with Gasteiger partial charge < -0.3 is 9.47 Å². The maximum atomic E-state index is 14.5. The van der Waals surface area contributed by atoms with E-state index in [2.05, 4.69) is 13.8 Å². The first kappa shape index (κ1) is 27.3. The largest absolute Gasteiger partial charge is 0.490 e. The molecule has 2 nitrogen and oxygen atoms in total. The van der Waals surface area contributed by atoms with Gasteiger partial charge in [0.15, 0.2) is 11.5 Å². The topological polar surface area (TPSA) is 18.5 Å². The van der Waals surface area contributed by atoms with Crippen molar-refractivity contribution < 1.29 is 18.3 Å². The molecule has 0 saturated heterocycles. The molecule has 0 heterocycles. The van der Waals surface area contributed by atoms with E-state index < -0.39 is 11.6 Å². The van der Waals surface area contributed by atoms with Gasteiger partial charge in [0.1, 0.15) is 0 Å². The van der Waals surface area contributed by atoms with Crippen molar-refractivity contribution in [3.63, 3.8) is 0 Å². The number of hydrogen-bond donors (Lipinski definition) is 0. The highest BCUT2D eigenvalue weighted by Gasteiger charge is 2.45. The lowest BCUT2D eigenvalue weighted by Gasteiger charge is -2.51. The Morgan fingerprint density at radius 2 is 1.41 bits per heavy atom. The zero-order valence-electron chi connectivity index (χ0n) is 22.0. The Hall–Kier alpha value is -1.32. The van der Waals surface area contributed by atoms with Gasteiger partial charge >= 0.3 is 0 Å². The minimum absolute atomic E-state index is 0.0113. The Kier molecular flexibility index (Phi) is 11.0. The minimum atomic E-state index is -0.936. The molecule has 0 amide bonds. The van der Waals surface area contributed by atoms with Gasteiger partial charge in [0, 0.05) is 0 Å². The summed E-state index contributed by atoms with van der Waals surface area (Å²) in [5, 5.41) is 0. The number of halogens is 2. The lowest BCUT2D eigenvalue weighted by Crippen LogP contribution is -2.42. The number of rotatable bonds is 13. The molecule has 0 radical (unpaired) electrons. The van der Waals surface area contributed by atoms with Crippen LogP contribution in [0.3, 0.4) is 0 Å². The van der Waals surface area contributed by atoms with Gasteiger partial charge in [-0.3, -0.25) is 0 Å². The van der Waals surface area contributed by atoms with Crippen molar-refractivity contribution in [2.24, 2.45) is 23.2 Å². The smallest absolute Gasteiger partial charge is 0.204 e. The molecule has 0 bridgehead atoms. The molecule has 1 aromatic carbocycles. The fourth-order valence-electron chi connectivity index (χ4n) is 6.95. The first-order chi connectivity index (χ1) is 16.6. The van der Waals surface area contributed by atoms with Crippen molar-refractivity contribution in [2.75, 3.05) is 13.2 Å². The summed E-state index contributed by atoms with van der Waals surface area (Å²) in [5.74, 6) is 0.245. The molecule has 3 rings (SSSR count). The van der Waals surface area contributed by atoms with Crippen molar-refractivity contribution in [1.29, 1.82) is 0 Å². The Balaban J connectivity index is 1.56. The molecule has 0 unspecified atom stereocenters.